The van der Waals surface area contributed by atoms with Crippen LogP contribution in [-0.4, -0.2) is 53.7 Å². The lowest BCUT2D eigenvalue weighted by Gasteiger charge is -2.34. The molecule has 124 valence electrons. The highest BCUT2D eigenvalue weighted by molar-refractivity contribution is 6.03. The van der Waals surface area contributed by atoms with Crippen molar-refractivity contribution in [3.63, 3.8) is 0 Å². The standard InChI is InChI=1S/C17H23N3O3/c1-12-4-5-15(10-13(12)2)18-16(22)11-17(23)20-8-6-19(7-9-20)14(3)21/h4-5,10H,6-9,11H2,1-3H3,(H,18,22). The van der Waals surface area contributed by atoms with Gasteiger partial charge in [0.15, 0.2) is 0 Å². The van der Waals surface area contributed by atoms with Crippen LogP contribution in [0.4, 0.5) is 5.69 Å². The van der Waals surface area contributed by atoms with Crippen molar-refractivity contribution in [1.82, 2.24) is 9.80 Å². The zero-order chi connectivity index (χ0) is 17.0. The van der Waals surface area contributed by atoms with Gasteiger partial charge in [-0.2, -0.15) is 0 Å². The highest BCUT2D eigenvalue weighted by atomic mass is 16.2. The van der Waals surface area contributed by atoms with Gasteiger partial charge in [0.2, 0.25) is 17.7 Å². The second kappa shape index (κ2) is 7.26. The van der Waals surface area contributed by atoms with E-state index in [9.17, 15) is 14.4 Å². The molecule has 0 atom stereocenters. The van der Waals surface area contributed by atoms with Gasteiger partial charge in [0, 0.05) is 38.8 Å². The zero-order valence-corrected chi connectivity index (χ0v) is 13.9. The Labute approximate surface area is 136 Å². The molecule has 1 N–H and O–H groups in total. The summed E-state index contributed by atoms with van der Waals surface area (Å²) in [7, 11) is 0. The first-order valence-corrected chi connectivity index (χ1v) is 7.77. The number of carbonyl (C=O) groups excluding carboxylic acids is 3. The van der Waals surface area contributed by atoms with Gasteiger partial charge in [-0.25, -0.2) is 0 Å². The molecule has 0 bridgehead atoms. The summed E-state index contributed by atoms with van der Waals surface area (Å²) in [6.45, 7) is 7.52. The van der Waals surface area contributed by atoms with Gasteiger partial charge in [0.1, 0.15) is 6.42 Å². The molecular weight excluding hydrogens is 294 g/mol. The molecule has 1 aromatic carbocycles. The van der Waals surface area contributed by atoms with E-state index in [1.807, 2.05) is 32.0 Å². The summed E-state index contributed by atoms with van der Waals surface area (Å²) >= 11 is 0. The maximum atomic E-state index is 12.2. The number of benzene rings is 1. The molecule has 1 aromatic rings. The Hall–Kier alpha value is -2.37. The highest BCUT2D eigenvalue weighted by Crippen LogP contribution is 2.14. The molecule has 6 nitrogen and oxygen atoms in total. The lowest BCUT2D eigenvalue weighted by atomic mass is 10.1. The molecular formula is C17H23N3O3. The van der Waals surface area contributed by atoms with Gasteiger partial charge in [0.25, 0.3) is 0 Å². The summed E-state index contributed by atoms with van der Waals surface area (Å²) in [5.41, 5.74) is 2.95. The largest absolute Gasteiger partial charge is 0.339 e. The van der Waals surface area contributed by atoms with Gasteiger partial charge in [-0.05, 0) is 37.1 Å². The second-order valence-electron chi connectivity index (χ2n) is 5.91. The van der Waals surface area contributed by atoms with Crippen LogP contribution in [0.3, 0.4) is 0 Å². The minimum Gasteiger partial charge on any atom is -0.339 e. The van der Waals surface area contributed by atoms with Crippen molar-refractivity contribution >= 4 is 23.4 Å². The second-order valence-corrected chi connectivity index (χ2v) is 5.91. The Morgan fingerprint density at radius 2 is 1.61 bits per heavy atom. The molecule has 0 saturated carbocycles. The number of carbonyl (C=O) groups is 3. The average molecular weight is 317 g/mol. The number of amides is 3. The van der Waals surface area contributed by atoms with Crippen molar-refractivity contribution in [1.29, 1.82) is 0 Å². The molecule has 0 aromatic heterocycles. The van der Waals surface area contributed by atoms with E-state index in [-0.39, 0.29) is 24.1 Å². The van der Waals surface area contributed by atoms with E-state index in [1.54, 1.807) is 9.80 Å². The SMILES string of the molecule is CC(=O)N1CCN(C(=O)CC(=O)Nc2ccc(C)c(C)c2)CC1. The minimum absolute atomic E-state index is 0.0181. The molecule has 0 unspecified atom stereocenters. The maximum Gasteiger partial charge on any atom is 0.233 e. The normalized spacial score (nSPS) is 14.6. The summed E-state index contributed by atoms with van der Waals surface area (Å²) in [5.74, 6) is -0.494. The first-order chi connectivity index (χ1) is 10.9. The first kappa shape index (κ1) is 17.0. The van der Waals surface area contributed by atoms with E-state index >= 15 is 0 Å². The van der Waals surface area contributed by atoms with E-state index in [1.165, 1.54) is 6.92 Å². The lowest BCUT2D eigenvalue weighted by molar-refractivity contribution is -0.140. The number of anilines is 1. The Morgan fingerprint density at radius 1 is 1.00 bits per heavy atom. The molecule has 0 spiro atoms. The number of aryl methyl sites for hydroxylation is 2. The van der Waals surface area contributed by atoms with Gasteiger partial charge in [-0.1, -0.05) is 6.07 Å². The molecule has 1 fully saturated rings. The smallest absolute Gasteiger partial charge is 0.233 e. The van der Waals surface area contributed by atoms with Crippen molar-refractivity contribution < 1.29 is 14.4 Å². The number of piperazine rings is 1. The van der Waals surface area contributed by atoms with Crippen LogP contribution in [0, 0.1) is 13.8 Å². The van der Waals surface area contributed by atoms with Crippen LogP contribution in [0.25, 0.3) is 0 Å². The summed E-state index contributed by atoms with van der Waals surface area (Å²) < 4.78 is 0. The zero-order valence-electron chi connectivity index (χ0n) is 13.9. The molecule has 1 heterocycles. The van der Waals surface area contributed by atoms with E-state index in [4.69, 9.17) is 0 Å². The van der Waals surface area contributed by atoms with E-state index in [2.05, 4.69) is 5.32 Å². The number of rotatable bonds is 3. The van der Waals surface area contributed by atoms with Crippen molar-refractivity contribution in [2.45, 2.75) is 27.2 Å². The van der Waals surface area contributed by atoms with E-state index in [0.29, 0.717) is 31.9 Å². The topological polar surface area (TPSA) is 69.7 Å². The molecule has 0 radical (unpaired) electrons. The fraction of sp³-hybridized carbons (Fsp3) is 0.471. The molecule has 1 aliphatic heterocycles. The van der Waals surface area contributed by atoms with Crippen LogP contribution in [0.15, 0.2) is 18.2 Å². The number of nitrogens with zero attached hydrogens (tertiary/aromatic N) is 2. The lowest BCUT2D eigenvalue weighted by Crippen LogP contribution is -2.50. The van der Waals surface area contributed by atoms with Gasteiger partial charge >= 0.3 is 0 Å². The quantitative estimate of drug-likeness (QED) is 0.855. The van der Waals surface area contributed by atoms with Gasteiger partial charge in [-0.3, -0.25) is 14.4 Å². The van der Waals surface area contributed by atoms with Gasteiger partial charge < -0.3 is 15.1 Å². The number of hydrogen-bond donors (Lipinski definition) is 1. The van der Waals surface area contributed by atoms with E-state index < -0.39 is 0 Å². The summed E-state index contributed by atoms with van der Waals surface area (Å²) in [5, 5.41) is 2.76. The maximum absolute atomic E-state index is 12.2. The third kappa shape index (κ3) is 4.55. The van der Waals surface area contributed by atoms with Crippen molar-refractivity contribution in [2.75, 3.05) is 31.5 Å². The van der Waals surface area contributed by atoms with E-state index in [0.717, 1.165) is 11.1 Å². The fourth-order valence-electron chi connectivity index (χ4n) is 2.54. The molecule has 1 aliphatic rings. The van der Waals surface area contributed by atoms with Crippen LogP contribution in [0.1, 0.15) is 24.5 Å². The van der Waals surface area contributed by atoms with Crippen LogP contribution in [0.5, 0.6) is 0 Å². The van der Waals surface area contributed by atoms with Crippen molar-refractivity contribution in [3.05, 3.63) is 29.3 Å². The summed E-state index contributed by atoms with van der Waals surface area (Å²) in [6, 6.07) is 5.66. The van der Waals surface area contributed by atoms with Crippen molar-refractivity contribution in [2.24, 2.45) is 0 Å². The Balaban J connectivity index is 1.84. The van der Waals surface area contributed by atoms with Crippen LogP contribution in [-0.2, 0) is 14.4 Å². The van der Waals surface area contributed by atoms with Crippen LogP contribution < -0.4 is 5.32 Å². The van der Waals surface area contributed by atoms with Gasteiger partial charge in [0.05, 0.1) is 0 Å². The van der Waals surface area contributed by atoms with Crippen LogP contribution >= 0.6 is 0 Å². The van der Waals surface area contributed by atoms with Crippen LogP contribution in [0.2, 0.25) is 0 Å². The Bertz CT molecular complexity index is 620. The molecule has 3 amide bonds. The molecule has 0 aliphatic carbocycles. The monoisotopic (exact) mass is 317 g/mol. The Morgan fingerprint density at radius 3 is 2.17 bits per heavy atom. The number of nitrogens with one attached hydrogen (secondary N) is 1. The third-order valence-corrected chi connectivity index (χ3v) is 4.18. The average Bonchev–Trinajstić information content (AvgIpc) is 2.51. The third-order valence-electron chi connectivity index (χ3n) is 4.18. The Kier molecular flexibility index (Phi) is 5.36. The predicted molar refractivity (Wildman–Crippen MR) is 88.0 cm³/mol. The molecule has 1 saturated heterocycles. The molecule has 23 heavy (non-hydrogen) atoms. The first-order valence-electron chi connectivity index (χ1n) is 7.77. The predicted octanol–water partition coefficient (Wildman–Crippen LogP) is 1.32. The number of hydrogen-bond acceptors (Lipinski definition) is 3. The summed E-state index contributed by atoms with van der Waals surface area (Å²) in [6.07, 6.45) is -0.174. The summed E-state index contributed by atoms with van der Waals surface area (Å²) in [4.78, 5) is 38.8. The fourth-order valence-corrected chi connectivity index (χ4v) is 2.54. The molecule has 6 heteroatoms. The minimum atomic E-state index is -0.313. The van der Waals surface area contributed by atoms with Gasteiger partial charge in [-0.15, -0.1) is 0 Å². The van der Waals surface area contributed by atoms with Crippen molar-refractivity contribution in [3.8, 4) is 0 Å². The molecule has 2 rings (SSSR count). The highest BCUT2D eigenvalue weighted by Gasteiger charge is 2.23.